The summed E-state index contributed by atoms with van der Waals surface area (Å²) in [5.41, 5.74) is 2.11. The highest BCUT2D eigenvalue weighted by Crippen LogP contribution is 2.38. The third-order valence-corrected chi connectivity index (χ3v) is 4.68. The van der Waals surface area contributed by atoms with Crippen molar-refractivity contribution in [2.75, 3.05) is 24.5 Å². The molecule has 2 aliphatic rings. The molecule has 0 aliphatic carbocycles. The fraction of sp³-hybridized carbons (Fsp3) is 0.625. The molecule has 4 nitrogen and oxygen atoms in total. The summed E-state index contributed by atoms with van der Waals surface area (Å²) in [7, 11) is 0. The topological polar surface area (TPSA) is 45.2 Å². The van der Waals surface area contributed by atoms with Crippen LogP contribution in [0.15, 0.2) is 18.3 Å². The first kappa shape index (κ1) is 13.4. The highest BCUT2D eigenvalue weighted by molar-refractivity contribution is 5.85. The third-order valence-electron chi connectivity index (χ3n) is 4.68. The molecule has 20 heavy (non-hydrogen) atoms. The van der Waals surface area contributed by atoms with Gasteiger partial charge in [-0.05, 0) is 37.3 Å². The van der Waals surface area contributed by atoms with Gasteiger partial charge in [0, 0.05) is 25.3 Å². The molecule has 0 aromatic carbocycles. The number of amides is 1. The molecule has 3 rings (SSSR count). The Morgan fingerprint density at radius 2 is 2.20 bits per heavy atom. The van der Waals surface area contributed by atoms with E-state index in [0.29, 0.717) is 5.92 Å². The molecular weight excluding hydrogens is 250 g/mol. The Morgan fingerprint density at radius 3 is 2.80 bits per heavy atom. The van der Waals surface area contributed by atoms with Crippen molar-refractivity contribution in [3.8, 4) is 0 Å². The Labute approximate surface area is 120 Å². The molecule has 1 aromatic rings. The number of hydrogen-bond acceptors (Lipinski definition) is 3. The zero-order valence-corrected chi connectivity index (χ0v) is 12.4. The van der Waals surface area contributed by atoms with Gasteiger partial charge in [0.25, 0.3) is 0 Å². The number of anilines is 1. The maximum absolute atomic E-state index is 12.1. The number of carbonyl (C=O) groups excluding carboxylic acids is 1. The standard InChI is InChI=1S/C16H23N3O/c1-12(2)14-5-4-13(10-18-14)19-9-3-6-16(11-19)7-8-17-15(16)20/h4-5,10,12H,3,6-9,11H2,1-2H3,(H,17,20)/t16-/m0/s1. The van der Waals surface area contributed by atoms with E-state index in [1.54, 1.807) is 0 Å². The summed E-state index contributed by atoms with van der Waals surface area (Å²) < 4.78 is 0. The van der Waals surface area contributed by atoms with Crippen LogP contribution >= 0.6 is 0 Å². The maximum atomic E-state index is 12.1. The molecule has 1 amide bonds. The molecule has 1 spiro atoms. The summed E-state index contributed by atoms with van der Waals surface area (Å²) in [5.74, 6) is 0.700. The van der Waals surface area contributed by atoms with Gasteiger partial charge in [0.05, 0.1) is 17.3 Å². The predicted octanol–water partition coefficient (Wildman–Crippen LogP) is 2.31. The Bertz CT molecular complexity index is 497. The summed E-state index contributed by atoms with van der Waals surface area (Å²) >= 11 is 0. The van der Waals surface area contributed by atoms with E-state index < -0.39 is 0 Å². The summed E-state index contributed by atoms with van der Waals surface area (Å²) in [5, 5.41) is 2.99. The minimum atomic E-state index is -0.158. The first-order valence-corrected chi connectivity index (χ1v) is 7.60. The minimum Gasteiger partial charge on any atom is -0.369 e. The lowest BCUT2D eigenvalue weighted by Crippen LogP contribution is -2.47. The Morgan fingerprint density at radius 1 is 1.35 bits per heavy atom. The number of nitrogens with one attached hydrogen (secondary N) is 1. The van der Waals surface area contributed by atoms with Crippen molar-refractivity contribution >= 4 is 11.6 Å². The lowest BCUT2D eigenvalue weighted by atomic mass is 9.78. The Balaban J connectivity index is 1.78. The highest BCUT2D eigenvalue weighted by atomic mass is 16.2. The van der Waals surface area contributed by atoms with Crippen LogP contribution in [0.3, 0.4) is 0 Å². The van der Waals surface area contributed by atoms with Crippen LogP contribution in [0.1, 0.15) is 44.7 Å². The summed E-state index contributed by atoms with van der Waals surface area (Å²) in [6.07, 6.45) is 5.03. The number of pyridine rings is 1. The maximum Gasteiger partial charge on any atom is 0.228 e. The van der Waals surface area contributed by atoms with Gasteiger partial charge in [0.15, 0.2) is 0 Å². The van der Waals surface area contributed by atoms with Crippen LogP contribution in [0, 0.1) is 5.41 Å². The number of rotatable bonds is 2. The van der Waals surface area contributed by atoms with Gasteiger partial charge in [-0.3, -0.25) is 9.78 Å². The molecule has 1 aromatic heterocycles. The van der Waals surface area contributed by atoms with Gasteiger partial charge < -0.3 is 10.2 Å². The zero-order chi connectivity index (χ0) is 14.2. The summed E-state index contributed by atoms with van der Waals surface area (Å²) in [4.78, 5) is 19.0. The minimum absolute atomic E-state index is 0.158. The van der Waals surface area contributed by atoms with Crippen molar-refractivity contribution in [1.82, 2.24) is 10.3 Å². The molecule has 0 unspecified atom stereocenters. The summed E-state index contributed by atoms with van der Waals surface area (Å²) in [6.45, 7) is 7.00. The van der Waals surface area contributed by atoms with Crippen LogP contribution in [0.2, 0.25) is 0 Å². The fourth-order valence-corrected chi connectivity index (χ4v) is 3.38. The first-order chi connectivity index (χ1) is 9.61. The summed E-state index contributed by atoms with van der Waals surface area (Å²) in [6, 6.07) is 4.25. The van der Waals surface area contributed by atoms with Crippen LogP contribution < -0.4 is 10.2 Å². The van der Waals surface area contributed by atoms with Gasteiger partial charge >= 0.3 is 0 Å². The third kappa shape index (κ3) is 2.28. The first-order valence-electron chi connectivity index (χ1n) is 7.60. The second-order valence-corrected chi connectivity index (χ2v) is 6.41. The number of aromatic nitrogens is 1. The molecule has 3 heterocycles. The normalized spacial score (nSPS) is 26.4. The van der Waals surface area contributed by atoms with Crippen LogP contribution in [-0.4, -0.2) is 30.5 Å². The van der Waals surface area contributed by atoms with Gasteiger partial charge in [-0.15, -0.1) is 0 Å². The molecule has 2 fully saturated rings. The van der Waals surface area contributed by atoms with E-state index in [-0.39, 0.29) is 11.3 Å². The molecule has 2 aliphatic heterocycles. The Kier molecular flexibility index (Phi) is 3.40. The van der Waals surface area contributed by atoms with Crippen molar-refractivity contribution in [2.45, 2.75) is 39.0 Å². The van der Waals surface area contributed by atoms with E-state index in [9.17, 15) is 4.79 Å². The van der Waals surface area contributed by atoms with Crippen molar-refractivity contribution in [2.24, 2.45) is 5.41 Å². The number of hydrogen-bond donors (Lipinski definition) is 1. The number of piperidine rings is 1. The van der Waals surface area contributed by atoms with Gasteiger partial charge in [0.1, 0.15) is 0 Å². The second kappa shape index (κ2) is 5.08. The molecule has 108 valence electrons. The SMILES string of the molecule is CC(C)c1ccc(N2CCC[C@]3(CCNC3=O)C2)cn1. The van der Waals surface area contributed by atoms with E-state index in [1.807, 2.05) is 6.20 Å². The Hall–Kier alpha value is -1.58. The predicted molar refractivity (Wildman–Crippen MR) is 79.8 cm³/mol. The lowest BCUT2D eigenvalue weighted by Gasteiger charge is -2.39. The fourth-order valence-electron chi connectivity index (χ4n) is 3.38. The van der Waals surface area contributed by atoms with Crippen molar-refractivity contribution in [1.29, 1.82) is 0 Å². The largest absolute Gasteiger partial charge is 0.369 e. The molecule has 0 radical (unpaired) electrons. The molecule has 4 heteroatoms. The molecule has 2 saturated heterocycles. The van der Waals surface area contributed by atoms with E-state index in [2.05, 4.69) is 41.2 Å². The molecule has 1 atom stereocenters. The van der Waals surface area contributed by atoms with E-state index in [1.165, 1.54) is 0 Å². The number of carbonyl (C=O) groups is 1. The van der Waals surface area contributed by atoms with Crippen LogP contribution in [0.4, 0.5) is 5.69 Å². The molecule has 0 saturated carbocycles. The zero-order valence-electron chi connectivity index (χ0n) is 12.4. The quantitative estimate of drug-likeness (QED) is 0.899. The van der Waals surface area contributed by atoms with E-state index >= 15 is 0 Å². The number of nitrogens with zero attached hydrogens (tertiary/aromatic N) is 2. The lowest BCUT2D eigenvalue weighted by molar-refractivity contribution is -0.128. The molecule has 1 N–H and O–H groups in total. The average Bonchev–Trinajstić information content (AvgIpc) is 2.80. The van der Waals surface area contributed by atoms with Crippen molar-refractivity contribution < 1.29 is 4.79 Å². The monoisotopic (exact) mass is 273 g/mol. The van der Waals surface area contributed by atoms with E-state index in [4.69, 9.17) is 0 Å². The van der Waals surface area contributed by atoms with Crippen LogP contribution in [0.25, 0.3) is 0 Å². The average molecular weight is 273 g/mol. The molecule has 0 bridgehead atoms. The smallest absolute Gasteiger partial charge is 0.228 e. The van der Waals surface area contributed by atoms with Gasteiger partial charge in [-0.1, -0.05) is 13.8 Å². The van der Waals surface area contributed by atoms with Crippen molar-refractivity contribution in [3.05, 3.63) is 24.0 Å². The van der Waals surface area contributed by atoms with Gasteiger partial charge in [-0.25, -0.2) is 0 Å². The highest BCUT2D eigenvalue weighted by Gasteiger charge is 2.45. The van der Waals surface area contributed by atoms with Crippen LogP contribution in [0.5, 0.6) is 0 Å². The molecular formula is C16H23N3O. The van der Waals surface area contributed by atoms with Gasteiger partial charge in [0.2, 0.25) is 5.91 Å². The van der Waals surface area contributed by atoms with Crippen molar-refractivity contribution in [3.63, 3.8) is 0 Å². The second-order valence-electron chi connectivity index (χ2n) is 6.41. The van der Waals surface area contributed by atoms with Crippen LogP contribution in [-0.2, 0) is 4.79 Å². The van der Waals surface area contributed by atoms with Gasteiger partial charge in [-0.2, -0.15) is 0 Å². The van der Waals surface area contributed by atoms with E-state index in [0.717, 1.165) is 50.3 Å².